The predicted molar refractivity (Wildman–Crippen MR) is 134 cm³/mol. The number of aromatic nitrogens is 2. The van der Waals surface area contributed by atoms with E-state index in [1.54, 1.807) is 0 Å². The van der Waals surface area contributed by atoms with Crippen LogP contribution in [0.25, 0.3) is 6.08 Å². The number of fused-ring (bicyclic) bond motifs is 2. The number of piperidine rings is 1. The Bertz CT molecular complexity index is 1080. The van der Waals surface area contributed by atoms with E-state index >= 15 is 0 Å². The number of allylic oxidation sites excluding steroid dienone is 4. The molecular weight excluding hydrogens is 432 g/mol. The van der Waals surface area contributed by atoms with Crippen LogP contribution in [0.4, 0.5) is 11.8 Å². The normalized spacial score (nSPS) is 27.1. The Kier molecular flexibility index (Phi) is 6.03. The van der Waals surface area contributed by atoms with Crippen LogP contribution in [-0.2, 0) is 0 Å². The molecular formula is C26H31ClN6. The van der Waals surface area contributed by atoms with Crippen molar-refractivity contribution in [3.8, 4) is 6.07 Å². The highest BCUT2D eigenvalue weighted by molar-refractivity contribution is 6.32. The summed E-state index contributed by atoms with van der Waals surface area (Å²) in [6.45, 7) is 11.6. The van der Waals surface area contributed by atoms with Gasteiger partial charge in [-0.2, -0.15) is 10.2 Å². The minimum absolute atomic E-state index is 0.432. The van der Waals surface area contributed by atoms with Crippen molar-refractivity contribution in [2.24, 2.45) is 11.8 Å². The minimum atomic E-state index is 0.432. The molecule has 7 heteroatoms. The summed E-state index contributed by atoms with van der Waals surface area (Å²) in [6.07, 6.45) is 11.9. The van der Waals surface area contributed by atoms with Crippen LogP contribution in [0.5, 0.6) is 0 Å². The molecule has 2 unspecified atom stereocenters. The lowest BCUT2D eigenvalue weighted by molar-refractivity contribution is 0.307. The zero-order chi connectivity index (χ0) is 23.1. The zero-order valence-electron chi connectivity index (χ0n) is 19.4. The van der Waals surface area contributed by atoms with Crippen LogP contribution in [-0.4, -0.2) is 46.6 Å². The number of halogens is 1. The van der Waals surface area contributed by atoms with E-state index < -0.39 is 0 Å². The van der Waals surface area contributed by atoms with Gasteiger partial charge in [-0.15, -0.1) is 0 Å². The maximum atomic E-state index is 8.81. The van der Waals surface area contributed by atoms with E-state index in [4.69, 9.17) is 21.8 Å². The highest BCUT2D eigenvalue weighted by Gasteiger charge is 2.55. The number of anilines is 2. The Morgan fingerprint density at radius 3 is 2.76 bits per heavy atom. The van der Waals surface area contributed by atoms with Crippen molar-refractivity contribution in [2.45, 2.75) is 51.6 Å². The van der Waals surface area contributed by atoms with Crippen molar-refractivity contribution in [3.05, 3.63) is 52.4 Å². The van der Waals surface area contributed by atoms with Crippen LogP contribution in [0, 0.1) is 23.2 Å². The van der Waals surface area contributed by atoms with Gasteiger partial charge in [0.2, 0.25) is 5.95 Å². The quantitative estimate of drug-likeness (QED) is 0.542. The second-order valence-corrected chi connectivity index (χ2v) is 9.81. The SMILES string of the molecule is C=C1C(C(=C/C)/C(Cl)=C\CC)=Cc2cnc(NC3C4CN(CCC#N)CC43)nc2N1C1CC1. The van der Waals surface area contributed by atoms with Crippen molar-refractivity contribution < 1.29 is 0 Å². The molecule has 1 N–H and O–H groups in total. The van der Waals surface area contributed by atoms with Gasteiger partial charge in [-0.3, -0.25) is 0 Å². The van der Waals surface area contributed by atoms with Gasteiger partial charge in [-0.25, -0.2) is 4.98 Å². The van der Waals surface area contributed by atoms with Crippen LogP contribution < -0.4 is 10.2 Å². The monoisotopic (exact) mass is 462 g/mol. The topological polar surface area (TPSA) is 68.1 Å². The van der Waals surface area contributed by atoms with E-state index in [0.29, 0.717) is 36.3 Å². The van der Waals surface area contributed by atoms with Crippen LogP contribution in [0.15, 0.2) is 46.8 Å². The summed E-state index contributed by atoms with van der Waals surface area (Å²) in [7, 11) is 0. The largest absolute Gasteiger partial charge is 0.351 e. The Hall–Kier alpha value is -2.62. The lowest BCUT2D eigenvalue weighted by Crippen LogP contribution is -2.31. The summed E-state index contributed by atoms with van der Waals surface area (Å²) in [5.74, 6) is 2.90. The third-order valence-electron chi connectivity index (χ3n) is 7.16. The smallest absolute Gasteiger partial charge is 0.224 e. The molecule has 0 bridgehead atoms. The van der Waals surface area contributed by atoms with Gasteiger partial charge in [0.15, 0.2) is 0 Å². The molecule has 172 valence electrons. The third-order valence-corrected chi connectivity index (χ3v) is 7.52. The molecule has 1 saturated heterocycles. The first-order valence-electron chi connectivity index (χ1n) is 12.0. The van der Waals surface area contributed by atoms with Gasteiger partial charge >= 0.3 is 0 Å². The van der Waals surface area contributed by atoms with Crippen LogP contribution in [0.2, 0.25) is 0 Å². The van der Waals surface area contributed by atoms with Gasteiger partial charge < -0.3 is 15.1 Å². The van der Waals surface area contributed by atoms with E-state index in [0.717, 1.165) is 72.2 Å². The molecule has 1 aromatic heterocycles. The molecule has 2 saturated carbocycles. The summed E-state index contributed by atoms with van der Waals surface area (Å²) in [5.41, 5.74) is 4.02. The molecule has 2 atom stereocenters. The van der Waals surface area contributed by atoms with Gasteiger partial charge in [-0.05, 0) is 49.7 Å². The molecule has 3 fully saturated rings. The molecule has 2 aliphatic carbocycles. The molecule has 0 spiro atoms. The summed E-state index contributed by atoms with van der Waals surface area (Å²) in [6, 6.07) is 3.11. The predicted octanol–water partition coefficient (Wildman–Crippen LogP) is 5.09. The van der Waals surface area contributed by atoms with Crippen molar-refractivity contribution >= 4 is 29.4 Å². The van der Waals surface area contributed by atoms with Crippen molar-refractivity contribution in [3.63, 3.8) is 0 Å². The molecule has 2 aliphatic heterocycles. The number of nitriles is 1. The highest BCUT2D eigenvalue weighted by Crippen LogP contribution is 2.48. The van der Waals surface area contributed by atoms with E-state index in [9.17, 15) is 0 Å². The second kappa shape index (κ2) is 8.96. The first-order valence-corrected chi connectivity index (χ1v) is 12.4. The molecule has 33 heavy (non-hydrogen) atoms. The molecule has 0 radical (unpaired) electrons. The van der Waals surface area contributed by atoms with Gasteiger partial charge in [0.25, 0.3) is 0 Å². The fourth-order valence-corrected chi connectivity index (χ4v) is 5.65. The highest BCUT2D eigenvalue weighted by atomic mass is 35.5. The van der Waals surface area contributed by atoms with Crippen molar-refractivity contribution in [1.82, 2.24) is 14.9 Å². The minimum Gasteiger partial charge on any atom is -0.351 e. The Morgan fingerprint density at radius 2 is 2.12 bits per heavy atom. The van der Waals surface area contributed by atoms with Crippen molar-refractivity contribution in [1.29, 1.82) is 5.26 Å². The summed E-state index contributed by atoms with van der Waals surface area (Å²) in [4.78, 5) is 14.3. The molecule has 5 rings (SSSR count). The number of hydrogen-bond acceptors (Lipinski definition) is 6. The fourth-order valence-electron chi connectivity index (χ4n) is 5.28. The van der Waals surface area contributed by atoms with E-state index in [2.05, 4.69) is 51.8 Å². The maximum Gasteiger partial charge on any atom is 0.224 e. The van der Waals surface area contributed by atoms with Gasteiger partial charge in [0.1, 0.15) is 5.82 Å². The standard InChI is InChI=1S/C26H31ClN6/c1-4-7-23(27)19(5-2)20-12-17-13-29-26(31-25(17)33(16(20)3)18-8-9-18)30-24-21-14-32(11-6-10-28)15-22(21)24/h5,7,12-13,18,21-22,24H,3-4,6,8-9,11,14-15H2,1-2H3,(H,29,30,31)/b19-5-,23-7+. The molecule has 6 nitrogen and oxygen atoms in total. The Morgan fingerprint density at radius 1 is 1.36 bits per heavy atom. The second-order valence-electron chi connectivity index (χ2n) is 9.41. The van der Waals surface area contributed by atoms with Gasteiger partial charge in [-0.1, -0.05) is 37.3 Å². The lowest BCUT2D eigenvalue weighted by atomic mass is 9.95. The lowest BCUT2D eigenvalue weighted by Gasteiger charge is -2.33. The summed E-state index contributed by atoms with van der Waals surface area (Å²) >= 11 is 6.62. The first-order chi connectivity index (χ1) is 16.0. The number of nitrogens with zero attached hydrogens (tertiary/aromatic N) is 5. The average Bonchev–Trinajstić information content (AvgIpc) is 3.71. The maximum absolute atomic E-state index is 8.81. The van der Waals surface area contributed by atoms with E-state index in [1.807, 2.05) is 19.2 Å². The summed E-state index contributed by atoms with van der Waals surface area (Å²) in [5, 5.41) is 13.2. The molecule has 0 amide bonds. The average molecular weight is 463 g/mol. The van der Waals surface area contributed by atoms with Crippen LogP contribution in [0.1, 0.15) is 45.1 Å². The third kappa shape index (κ3) is 4.20. The number of rotatable bonds is 8. The van der Waals surface area contributed by atoms with E-state index in [1.165, 1.54) is 0 Å². The molecule has 4 aliphatic rings. The molecule has 0 aromatic carbocycles. The number of likely N-dealkylation sites (tertiary alicyclic amines) is 1. The van der Waals surface area contributed by atoms with Crippen molar-refractivity contribution in [2.75, 3.05) is 29.9 Å². The summed E-state index contributed by atoms with van der Waals surface area (Å²) < 4.78 is 0. The Labute approximate surface area is 201 Å². The van der Waals surface area contributed by atoms with Crippen LogP contribution >= 0.6 is 11.6 Å². The number of hydrogen-bond donors (Lipinski definition) is 1. The zero-order valence-corrected chi connectivity index (χ0v) is 20.1. The molecule has 3 heterocycles. The van der Waals surface area contributed by atoms with Gasteiger partial charge in [0.05, 0.1) is 6.07 Å². The molecule has 1 aromatic rings. The Balaban J connectivity index is 1.37. The fraction of sp³-hybridized carbons (Fsp3) is 0.500. The number of nitrogens with one attached hydrogen (secondary N) is 1. The van der Waals surface area contributed by atoms with E-state index in [-0.39, 0.29) is 0 Å². The first kappa shape index (κ1) is 22.2. The van der Waals surface area contributed by atoms with Crippen LogP contribution in [0.3, 0.4) is 0 Å². The van der Waals surface area contributed by atoms with Gasteiger partial charge in [0, 0.05) is 66.2 Å².